The molecule has 2 amide bonds. The number of hydrogen-bond acceptors (Lipinski definition) is 7. The molecule has 4 heterocycles. The molecule has 6 rings (SSSR count). The fraction of sp³-hybridized carbons (Fsp3) is 0.500. The summed E-state index contributed by atoms with van der Waals surface area (Å²) in [5, 5.41) is 11.8. The van der Waals surface area contributed by atoms with E-state index in [1.165, 1.54) is 12.1 Å². The summed E-state index contributed by atoms with van der Waals surface area (Å²) in [7, 11) is 0. The fourth-order valence-corrected chi connectivity index (χ4v) is 6.66. The third kappa shape index (κ3) is 7.56. The maximum atomic E-state index is 15.6. The molecule has 0 bridgehead atoms. The lowest BCUT2D eigenvalue weighted by Gasteiger charge is -2.39. The molecule has 0 aliphatic carbocycles. The second kappa shape index (κ2) is 14.3. The molecule has 46 heavy (non-hydrogen) atoms. The Morgan fingerprint density at radius 1 is 1.04 bits per heavy atom. The molecule has 9 nitrogen and oxygen atoms in total. The standard InChI is InChI=1S/C36H44FN5O4/c1-23(2)32-8-9-33(40-39-32)25-4-6-29(7-5-25)46-34-20-30(31(37)19-26(34)22-42-21-24(3)18-35(42)43)36(44)38-27-10-14-41(15-11-27)28-12-16-45-17-13-28/h4-9,19-20,23-24,27-28H,10-18,21-22H2,1-3H3,(H,38,44)/t24-/m0/s1. The predicted molar refractivity (Wildman–Crippen MR) is 173 cm³/mol. The van der Waals surface area contributed by atoms with E-state index < -0.39 is 11.7 Å². The number of halogens is 1. The third-order valence-electron chi connectivity index (χ3n) is 9.39. The van der Waals surface area contributed by atoms with E-state index in [2.05, 4.69) is 34.3 Å². The largest absolute Gasteiger partial charge is 0.457 e. The Labute approximate surface area is 270 Å². The summed E-state index contributed by atoms with van der Waals surface area (Å²) in [5.41, 5.74) is 3.01. The highest BCUT2D eigenvalue weighted by atomic mass is 19.1. The Morgan fingerprint density at radius 3 is 2.41 bits per heavy atom. The summed E-state index contributed by atoms with van der Waals surface area (Å²) >= 11 is 0. The van der Waals surface area contributed by atoms with Crippen molar-refractivity contribution in [2.45, 2.75) is 77.4 Å². The highest BCUT2D eigenvalue weighted by Gasteiger charge is 2.30. The number of amides is 2. The van der Waals surface area contributed by atoms with E-state index in [0.717, 1.165) is 68.9 Å². The van der Waals surface area contributed by atoms with Crippen LogP contribution in [0.25, 0.3) is 11.3 Å². The Balaban J connectivity index is 1.18. The van der Waals surface area contributed by atoms with Gasteiger partial charge in [0, 0.05) is 69.0 Å². The van der Waals surface area contributed by atoms with Gasteiger partial charge in [0.25, 0.3) is 5.91 Å². The normalized spacial score (nSPS) is 20.0. The highest BCUT2D eigenvalue weighted by Crippen LogP contribution is 2.32. The van der Waals surface area contributed by atoms with E-state index in [1.807, 2.05) is 43.3 Å². The van der Waals surface area contributed by atoms with Crippen LogP contribution in [0.4, 0.5) is 4.39 Å². The van der Waals surface area contributed by atoms with Crippen LogP contribution in [0, 0.1) is 11.7 Å². The van der Waals surface area contributed by atoms with Gasteiger partial charge in [0.15, 0.2) is 0 Å². The first-order valence-corrected chi connectivity index (χ1v) is 16.6. The van der Waals surface area contributed by atoms with Crippen molar-refractivity contribution >= 4 is 11.8 Å². The average molecular weight is 630 g/mol. The van der Waals surface area contributed by atoms with Gasteiger partial charge in [-0.3, -0.25) is 9.59 Å². The molecule has 1 aromatic heterocycles. The van der Waals surface area contributed by atoms with E-state index >= 15 is 4.39 Å². The molecule has 1 atom stereocenters. The molecule has 3 aliphatic rings. The number of piperidine rings is 1. The van der Waals surface area contributed by atoms with Crippen molar-refractivity contribution in [3.05, 3.63) is 71.2 Å². The number of likely N-dealkylation sites (tertiary alicyclic amines) is 2. The van der Waals surface area contributed by atoms with Gasteiger partial charge in [0.2, 0.25) is 5.91 Å². The van der Waals surface area contributed by atoms with Gasteiger partial charge in [-0.25, -0.2) is 4.39 Å². The molecule has 0 radical (unpaired) electrons. The van der Waals surface area contributed by atoms with Crippen molar-refractivity contribution < 1.29 is 23.5 Å². The number of aromatic nitrogens is 2. The Kier molecular flexibility index (Phi) is 9.94. The summed E-state index contributed by atoms with van der Waals surface area (Å²) in [4.78, 5) is 30.2. The molecule has 3 aromatic rings. The average Bonchev–Trinajstić information content (AvgIpc) is 3.39. The van der Waals surface area contributed by atoms with Crippen LogP contribution >= 0.6 is 0 Å². The molecule has 0 saturated carbocycles. The van der Waals surface area contributed by atoms with Crippen molar-refractivity contribution in [2.24, 2.45) is 5.92 Å². The second-order valence-corrected chi connectivity index (χ2v) is 13.3. The van der Waals surface area contributed by atoms with Gasteiger partial charge in [-0.2, -0.15) is 10.2 Å². The summed E-state index contributed by atoms with van der Waals surface area (Å²) in [6.07, 6.45) is 4.19. The van der Waals surface area contributed by atoms with Crippen LogP contribution < -0.4 is 10.1 Å². The maximum absolute atomic E-state index is 15.6. The maximum Gasteiger partial charge on any atom is 0.254 e. The molecule has 3 fully saturated rings. The smallest absolute Gasteiger partial charge is 0.254 e. The van der Waals surface area contributed by atoms with Gasteiger partial charge >= 0.3 is 0 Å². The molecule has 0 unspecified atom stereocenters. The molecular weight excluding hydrogens is 585 g/mol. The molecule has 244 valence electrons. The van der Waals surface area contributed by atoms with Crippen LogP contribution in [0.1, 0.15) is 80.4 Å². The number of carbonyl (C=O) groups is 2. The zero-order valence-electron chi connectivity index (χ0n) is 27.0. The van der Waals surface area contributed by atoms with Gasteiger partial charge in [0.05, 0.1) is 17.0 Å². The van der Waals surface area contributed by atoms with Crippen molar-refractivity contribution in [2.75, 3.05) is 32.8 Å². The van der Waals surface area contributed by atoms with Crippen LogP contribution in [0.3, 0.4) is 0 Å². The second-order valence-electron chi connectivity index (χ2n) is 13.3. The topological polar surface area (TPSA) is 96.9 Å². The Bertz CT molecular complexity index is 1520. The van der Waals surface area contributed by atoms with Crippen LogP contribution in [0.5, 0.6) is 11.5 Å². The number of rotatable bonds is 9. The van der Waals surface area contributed by atoms with Gasteiger partial charge in [-0.15, -0.1) is 0 Å². The first kappa shape index (κ1) is 32.1. The lowest BCUT2D eigenvalue weighted by molar-refractivity contribution is -0.128. The number of nitrogens with zero attached hydrogens (tertiary/aromatic N) is 4. The minimum atomic E-state index is -0.627. The zero-order chi connectivity index (χ0) is 32.2. The van der Waals surface area contributed by atoms with Crippen LogP contribution in [0.2, 0.25) is 0 Å². The first-order valence-electron chi connectivity index (χ1n) is 16.6. The molecule has 10 heteroatoms. The summed E-state index contributed by atoms with van der Waals surface area (Å²) < 4.78 is 27.4. The number of hydrogen-bond donors (Lipinski definition) is 1. The van der Waals surface area contributed by atoms with Crippen molar-refractivity contribution in [1.29, 1.82) is 0 Å². The third-order valence-corrected chi connectivity index (χ3v) is 9.39. The number of ether oxygens (including phenoxy) is 2. The van der Waals surface area contributed by atoms with Gasteiger partial charge < -0.3 is 24.6 Å². The SMILES string of the molecule is CC(C)c1ccc(-c2ccc(Oc3cc(C(=O)NC4CCN(C5CCOCC5)CC4)c(F)cc3CN3C[C@@H](C)CC3=O)cc2)nn1. The highest BCUT2D eigenvalue weighted by molar-refractivity contribution is 5.95. The minimum absolute atomic E-state index is 0.0269. The monoisotopic (exact) mass is 629 g/mol. The molecular formula is C36H44FN5O4. The van der Waals surface area contributed by atoms with Crippen molar-refractivity contribution in [1.82, 2.24) is 25.3 Å². The predicted octanol–water partition coefficient (Wildman–Crippen LogP) is 5.94. The Hall–Kier alpha value is -3.89. The lowest BCUT2D eigenvalue weighted by atomic mass is 9.99. The Morgan fingerprint density at radius 2 is 1.78 bits per heavy atom. The summed E-state index contributed by atoms with van der Waals surface area (Å²) in [5.74, 6) is 0.347. The molecule has 1 N–H and O–H groups in total. The molecule has 0 spiro atoms. The van der Waals surface area contributed by atoms with E-state index in [4.69, 9.17) is 9.47 Å². The first-order chi connectivity index (χ1) is 22.2. The van der Waals surface area contributed by atoms with Gasteiger partial charge in [-0.05, 0) is 86.1 Å². The van der Waals surface area contributed by atoms with Crippen molar-refractivity contribution in [3.63, 3.8) is 0 Å². The van der Waals surface area contributed by atoms with Gasteiger partial charge in [0.1, 0.15) is 17.3 Å². The molecule has 3 saturated heterocycles. The van der Waals surface area contributed by atoms with E-state index in [0.29, 0.717) is 42.0 Å². The number of carbonyl (C=O) groups excluding carboxylic acids is 2. The van der Waals surface area contributed by atoms with E-state index in [9.17, 15) is 9.59 Å². The van der Waals surface area contributed by atoms with E-state index in [-0.39, 0.29) is 30.0 Å². The molecule has 3 aliphatic heterocycles. The van der Waals surface area contributed by atoms with Crippen LogP contribution in [-0.2, 0) is 16.1 Å². The number of benzene rings is 2. The van der Waals surface area contributed by atoms with E-state index in [1.54, 1.807) is 4.90 Å². The number of nitrogens with one attached hydrogen (secondary N) is 1. The summed E-state index contributed by atoms with van der Waals surface area (Å²) in [6.45, 7) is 10.4. The quantitative estimate of drug-likeness (QED) is 0.313. The minimum Gasteiger partial charge on any atom is -0.457 e. The fourth-order valence-electron chi connectivity index (χ4n) is 6.66. The van der Waals surface area contributed by atoms with Crippen LogP contribution in [0.15, 0.2) is 48.5 Å². The summed E-state index contributed by atoms with van der Waals surface area (Å²) in [6, 6.07) is 14.7. The van der Waals surface area contributed by atoms with Gasteiger partial charge in [-0.1, -0.05) is 20.8 Å². The van der Waals surface area contributed by atoms with Crippen LogP contribution in [-0.4, -0.2) is 76.7 Å². The van der Waals surface area contributed by atoms with Crippen molar-refractivity contribution in [3.8, 4) is 22.8 Å². The zero-order valence-corrected chi connectivity index (χ0v) is 27.0. The molecule has 2 aromatic carbocycles. The lowest BCUT2D eigenvalue weighted by Crippen LogP contribution is -2.49.